The number of benzene rings is 1. The van der Waals surface area contributed by atoms with E-state index in [2.05, 4.69) is 0 Å². The van der Waals surface area contributed by atoms with E-state index in [-0.39, 0.29) is 0 Å². The van der Waals surface area contributed by atoms with Crippen molar-refractivity contribution in [1.82, 2.24) is 0 Å². The molecule has 1 heterocycles. The molecule has 0 aromatic heterocycles. The van der Waals surface area contributed by atoms with Gasteiger partial charge in [0.2, 0.25) is 0 Å². The summed E-state index contributed by atoms with van der Waals surface area (Å²) in [7, 11) is 1.57. The van der Waals surface area contributed by atoms with E-state index in [0.29, 0.717) is 29.5 Å². The molecule has 17 heavy (non-hydrogen) atoms. The fraction of sp³-hybridized carbons (Fsp3) is 0.385. The maximum Gasteiger partial charge on any atom is 0.299 e. The Balaban J connectivity index is 2.01. The van der Waals surface area contributed by atoms with Gasteiger partial charge in [-0.1, -0.05) is 0 Å². The van der Waals surface area contributed by atoms with Gasteiger partial charge in [0.15, 0.2) is 0 Å². The average molecular weight is 231 g/mol. The van der Waals surface area contributed by atoms with Crippen molar-refractivity contribution < 1.29 is 14.3 Å². The fourth-order valence-corrected chi connectivity index (χ4v) is 2.14. The summed E-state index contributed by atoms with van der Waals surface area (Å²) in [5.41, 5.74) is 1.20. The molecule has 88 valence electrons. The van der Waals surface area contributed by atoms with Gasteiger partial charge in [0, 0.05) is 12.6 Å². The average Bonchev–Trinajstić information content (AvgIpc) is 3.13. The highest BCUT2D eigenvalue weighted by Gasteiger charge is 2.38. The largest absolute Gasteiger partial charge is 0.497 e. The Morgan fingerprint density at radius 3 is 2.76 bits per heavy atom. The Labute approximate surface area is 99.2 Å². The van der Waals surface area contributed by atoms with Crippen molar-refractivity contribution in [2.45, 2.75) is 12.8 Å². The summed E-state index contributed by atoms with van der Waals surface area (Å²) in [5, 5.41) is 0. The predicted molar refractivity (Wildman–Crippen MR) is 62.4 cm³/mol. The monoisotopic (exact) mass is 231 g/mol. The summed E-state index contributed by atoms with van der Waals surface area (Å²) in [4.78, 5) is 25.2. The van der Waals surface area contributed by atoms with Gasteiger partial charge >= 0.3 is 0 Å². The zero-order valence-corrected chi connectivity index (χ0v) is 9.60. The molecule has 1 aromatic carbocycles. The number of hydrogen-bond donors (Lipinski definition) is 0. The second-order valence-corrected chi connectivity index (χ2v) is 4.57. The first-order valence-corrected chi connectivity index (χ1v) is 5.75. The predicted octanol–water partition coefficient (Wildman–Crippen LogP) is 1.63. The number of rotatable bonds is 3. The Bertz CT molecular complexity index is 505. The van der Waals surface area contributed by atoms with Gasteiger partial charge in [0.05, 0.1) is 18.4 Å². The van der Waals surface area contributed by atoms with Gasteiger partial charge in [-0.05, 0) is 30.9 Å². The van der Waals surface area contributed by atoms with E-state index in [1.165, 1.54) is 0 Å². The van der Waals surface area contributed by atoms with Gasteiger partial charge in [0.25, 0.3) is 11.7 Å². The van der Waals surface area contributed by atoms with Crippen molar-refractivity contribution in [3.05, 3.63) is 23.8 Å². The van der Waals surface area contributed by atoms with E-state index in [9.17, 15) is 9.59 Å². The smallest absolute Gasteiger partial charge is 0.299 e. The van der Waals surface area contributed by atoms with Crippen molar-refractivity contribution in [2.24, 2.45) is 5.92 Å². The van der Waals surface area contributed by atoms with E-state index in [4.69, 9.17) is 4.74 Å². The van der Waals surface area contributed by atoms with Crippen molar-refractivity contribution in [3.8, 4) is 5.75 Å². The van der Waals surface area contributed by atoms with Gasteiger partial charge in [-0.3, -0.25) is 9.59 Å². The Morgan fingerprint density at radius 2 is 2.12 bits per heavy atom. The minimum Gasteiger partial charge on any atom is -0.497 e. The lowest BCUT2D eigenvalue weighted by Gasteiger charge is -2.16. The molecule has 1 fully saturated rings. The number of ether oxygens (including phenoxy) is 1. The SMILES string of the molecule is COc1ccc2c(c1)N(CC1CC1)C(=O)C2=O. The first-order chi connectivity index (χ1) is 8.20. The number of fused-ring (bicyclic) bond motifs is 1. The third-order valence-corrected chi connectivity index (χ3v) is 3.32. The van der Waals surface area contributed by atoms with Gasteiger partial charge in [-0.2, -0.15) is 0 Å². The second kappa shape index (κ2) is 3.58. The van der Waals surface area contributed by atoms with Crippen molar-refractivity contribution >= 4 is 17.4 Å². The lowest BCUT2D eigenvalue weighted by atomic mass is 10.1. The van der Waals surface area contributed by atoms with Crippen molar-refractivity contribution in [2.75, 3.05) is 18.6 Å². The van der Waals surface area contributed by atoms with Crippen LogP contribution in [-0.2, 0) is 4.79 Å². The molecule has 1 amide bonds. The Morgan fingerprint density at radius 1 is 1.35 bits per heavy atom. The van der Waals surface area contributed by atoms with E-state index < -0.39 is 11.7 Å². The number of carbonyl (C=O) groups excluding carboxylic acids is 2. The maximum absolute atomic E-state index is 11.9. The molecule has 1 aromatic rings. The van der Waals surface area contributed by atoms with Crippen LogP contribution in [0.2, 0.25) is 0 Å². The van der Waals surface area contributed by atoms with Crippen LogP contribution >= 0.6 is 0 Å². The number of carbonyl (C=O) groups is 2. The summed E-state index contributed by atoms with van der Waals surface area (Å²) < 4.78 is 5.13. The summed E-state index contributed by atoms with van der Waals surface area (Å²) in [5.74, 6) is 0.430. The molecule has 0 bridgehead atoms. The molecule has 1 aliphatic heterocycles. The second-order valence-electron chi connectivity index (χ2n) is 4.57. The number of anilines is 1. The molecule has 1 aliphatic carbocycles. The molecule has 4 heteroatoms. The number of Topliss-reactive ketones (excluding diaryl/α,β-unsaturated/α-hetero) is 1. The Kier molecular flexibility index (Phi) is 2.18. The third-order valence-electron chi connectivity index (χ3n) is 3.32. The van der Waals surface area contributed by atoms with Crippen LogP contribution in [0, 0.1) is 5.92 Å². The van der Waals surface area contributed by atoms with Crippen LogP contribution in [0.15, 0.2) is 18.2 Å². The standard InChI is InChI=1S/C13H13NO3/c1-17-9-4-5-10-11(6-9)14(7-8-2-3-8)13(16)12(10)15/h4-6,8H,2-3,7H2,1H3. The highest BCUT2D eigenvalue weighted by molar-refractivity contribution is 6.52. The van der Waals surface area contributed by atoms with Crippen LogP contribution in [0.3, 0.4) is 0 Å². The van der Waals surface area contributed by atoms with Crippen molar-refractivity contribution in [1.29, 1.82) is 0 Å². The fourth-order valence-electron chi connectivity index (χ4n) is 2.14. The Hall–Kier alpha value is -1.84. The highest BCUT2D eigenvalue weighted by Crippen LogP contribution is 2.37. The first-order valence-electron chi connectivity index (χ1n) is 5.75. The summed E-state index contributed by atoms with van der Waals surface area (Å²) in [6.07, 6.45) is 2.30. The molecule has 0 radical (unpaired) electrons. The minimum atomic E-state index is -0.403. The van der Waals surface area contributed by atoms with Gasteiger partial charge in [0.1, 0.15) is 5.75 Å². The number of methoxy groups -OCH3 is 1. The summed E-state index contributed by atoms with van der Waals surface area (Å²) >= 11 is 0. The summed E-state index contributed by atoms with van der Waals surface area (Å²) in [6.45, 7) is 0.657. The molecule has 0 N–H and O–H groups in total. The summed E-state index contributed by atoms with van der Waals surface area (Å²) in [6, 6.07) is 5.15. The van der Waals surface area contributed by atoms with Crippen LogP contribution < -0.4 is 9.64 Å². The van der Waals surface area contributed by atoms with Crippen molar-refractivity contribution in [3.63, 3.8) is 0 Å². The molecule has 4 nitrogen and oxygen atoms in total. The van der Waals surface area contributed by atoms with Crippen LogP contribution in [-0.4, -0.2) is 25.3 Å². The number of ketones is 1. The highest BCUT2D eigenvalue weighted by atomic mass is 16.5. The van der Waals surface area contributed by atoms with Gasteiger partial charge < -0.3 is 9.64 Å². The van der Waals surface area contributed by atoms with Crippen LogP contribution in [0.5, 0.6) is 5.75 Å². The van der Waals surface area contributed by atoms with Crippen LogP contribution in [0.25, 0.3) is 0 Å². The number of nitrogens with zero attached hydrogens (tertiary/aromatic N) is 1. The molecule has 2 aliphatic rings. The molecule has 0 spiro atoms. The molecule has 0 unspecified atom stereocenters. The molecule has 3 rings (SSSR count). The van der Waals surface area contributed by atoms with Gasteiger partial charge in [-0.25, -0.2) is 0 Å². The molecular weight excluding hydrogens is 218 g/mol. The third kappa shape index (κ3) is 1.60. The molecular formula is C13H13NO3. The van der Waals surface area contributed by atoms with E-state index in [1.54, 1.807) is 30.2 Å². The maximum atomic E-state index is 11.9. The number of hydrogen-bond acceptors (Lipinski definition) is 3. The lowest BCUT2D eigenvalue weighted by Crippen LogP contribution is -2.31. The van der Waals surface area contributed by atoms with E-state index >= 15 is 0 Å². The molecule has 0 saturated heterocycles. The van der Waals surface area contributed by atoms with E-state index in [0.717, 1.165) is 12.8 Å². The van der Waals surface area contributed by atoms with Gasteiger partial charge in [-0.15, -0.1) is 0 Å². The quantitative estimate of drug-likeness (QED) is 0.743. The topological polar surface area (TPSA) is 46.6 Å². The van der Waals surface area contributed by atoms with E-state index in [1.807, 2.05) is 0 Å². The first kappa shape index (κ1) is 10.3. The minimum absolute atomic E-state index is 0.400. The lowest BCUT2D eigenvalue weighted by molar-refractivity contribution is -0.114. The zero-order valence-electron chi connectivity index (χ0n) is 9.60. The normalized spacial score (nSPS) is 18.5. The molecule has 0 atom stereocenters. The van der Waals surface area contributed by atoms with Crippen LogP contribution in [0.4, 0.5) is 5.69 Å². The molecule has 1 saturated carbocycles. The van der Waals surface area contributed by atoms with Crippen LogP contribution in [0.1, 0.15) is 23.2 Å². The zero-order chi connectivity index (χ0) is 12.0. The number of amides is 1.